The van der Waals surface area contributed by atoms with Crippen molar-refractivity contribution in [3.63, 3.8) is 0 Å². The van der Waals surface area contributed by atoms with Crippen molar-refractivity contribution in [2.24, 2.45) is 5.92 Å². The van der Waals surface area contributed by atoms with Gasteiger partial charge in [0, 0.05) is 18.9 Å². The van der Waals surface area contributed by atoms with Crippen molar-refractivity contribution in [2.75, 3.05) is 13.2 Å². The van der Waals surface area contributed by atoms with E-state index >= 15 is 0 Å². The Morgan fingerprint density at radius 3 is 3.07 bits per heavy atom. The Morgan fingerprint density at radius 2 is 2.50 bits per heavy atom. The SMILES string of the molecule is CC(O)(Cc1ccco1)C1CCOC1. The second-order valence-electron chi connectivity index (χ2n) is 4.17. The van der Waals surface area contributed by atoms with Gasteiger partial charge in [-0.25, -0.2) is 0 Å². The predicted molar refractivity (Wildman–Crippen MR) is 52.0 cm³/mol. The van der Waals surface area contributed by atoms with Crippen LogP contribution >= 0.6 is 0 Å². The van der Waals surface area contributed by atoms with Gasteiger partial charge in [-0.1, -0.05) is 0 Å². The molecule has 1 aromatic rings. The molecule has 3 nitrogen and oxygen atoms in total. The van der Waals surface area contributed by atoms with Crippen molar-refractivity contribution in [2.45, 2.75) is 25.4 Å². The summed E-state index contributed by atoms with van der Waals surface area (Å²) >= 11 is 0. The lowest BCUT2D eigenvalue weighted by Gasteiger charge is -2.27. The van der Waals surface area contributed by atoms with Crippen LogP contribution in [0.15, 0.2) is 22.8 Å². The average molecular weight is 196 g/mol. The average Bonchev–Trinajstić information content (AvgIpc) is 2.71. The number of ether oxygens (including phenoxy) is 1. The fourth-order valence-electron chi connectivity index (χ4n) is 1.94. The van der Waals surface area contributed by atoms with Gasteiger partial charge in [-0.2, -0.15) is 0 Å². The van der Waals surface area contributed by atoms with Crippen LogP contribution in [-0.2, 0) is 11.2 Å². The maximum absolute atomic E-state index is 10.2. The fraction of sp³-hybridized carbons (Fsp3) is 0.636. The Morgan fingerprint density at radius 1 is 1.64 bits per heavy atom. The second kappa shape index (κ2) is 3.75. The zero-order chi connectivity index (χ0) is 10.0. The van der Waals surface area contributed by atoms with Crippen LogP contribution in [0.1, 0.15) is 19.1 Å². The van der Waals surface area contributed by atoms with Crippen molar-refractivity contribution in [1.29, 1.82) is 0 Å². The van der Waals surface area contributed by atoms with Gasteiger partial charge in [-0.05, 0) is 25.5 Å². The fourth-order valence-corrected chi connectivity index (χ4v) is 1.94. The van der Waals surface area contributed by atoms with E-state index in [1.807, 2.05) is 19.1 Å². The topological polar surface area (TPSA) is 42.6 Å². The van der Waals surface area contributed by atoms with Gasteiger partial charge in [0.1, 0.15) is 5.76 Å². The maximum atomic E-state index is 10.2. The minimum Gasteiger partial charge on any atom is -0.469 e. The molecule has 0 saturated carbocycles. The monoisotopic (exact) mass is 196 g/mol. The summed E-state index contributed by atoms with van der Waals surface area (Å²) in [5.74, 6) is 1.06. The maximum Gasteiger partial charge on any atom is 0.106 e. The smallest absolute Gasteiger partial charge is 0.106 e. The van der Waals surface area contributed by atoms with Gasteiger partial charge in [0.25, 0.3) is 0 Å². The van der Waals surface area contributed by atoms with Gasteiger partial charge in [0.05, 0.1) is 18.5 Å². The number of hydrogen-bond donors (Lipinski definition) is 1. The van der Waals surface area contributed by atoms with E-state index in [1.54, 1.807) is 6.26 Å². The molecule has 14 heavy (non-hydrogen) atoms. The quantitative estimate of drug-likeness (QED) is 0.798. The minimum absolute atomic E-state index is 0.229. The molecule has 0 bridgehead atoms. The molecule has 0 radical (unpaired) electrons. The number of hydrogen-bond acceptors (Lipinski definition) is 3. The van der Waals surface area contributed by atoms with Gasteiger partial charge in [0.15, 0.2) is 0 Å². The Labute approximate surface area is 83.7 Å². The largest absolute Gasteiger partial charge is 0.469 e. The molecule has 2 heterocycles. The molecule has 0 aliphatic carbocycles. The van der Waals surface area contributed by atoms with Crippen molar-refractivity contribution in [3.05, 3.63) is 24.2 Å². The molecule has 0 spiro atoms. The highest BCUT2D eigenvalue weighted by atomic mass is 16.5. The van der Waals surface area contributed by atoms with Crippen LogP contribution in [0.2, 0.25) is 0 Å². The number of aliphatic hydroxyl groups is 1. The first-order valence-electron chi connectivity index (χ1n) is 5.01. The normalized spacial score (nSPS) is 26.3. The summed E-state index contributed by atoms with van der Waals surface area (Å²) in [5.41, 5.74) is -0.714. The van der Waals surface area contributed by atoms with E-state index in [9.17, 15) is 5.11 Å². The third kappa shape index (κ3) is 1.99. The van der Waals surface area contributed by atoms with Crippen LogP contribution in [0.4, 0.5) is 0 Å². The molecule has 1 aliphatic heterocycles. The van der Waals surface area contributed by atoms with E-state index in [0.29, 0.717) is 13.0 Å². The molecule has 1 fully saturated rings. The molecule has 78 valence electrons. The number of rotatable bonds is 3. The molecule has 0 aromatic carbocycles. The summed E-state index contributed by atoms with van der Waals surface area (Å²) in [7, 11) is 0. The third-order valence-electron chi connectivity index (χ3n) is 2.92. The summed E-state index contributed by atoms with van der Waals surface area (Å²) in [4.78, 5) is 0. The van der Waals surface area contributed by atoms with Crippen LogP contribution in [-0.4, -0.2) is 23.9 Å². The van der Waals surface area contributed by atoms with E-state index in [2.05, 4.69) is 0 Å². The molecule has 1 aromatic heterocycles. The molecule has 1 saturated heterocycles. The Balaban J connectivity index is 2.00. The van der Waals surface area contributed by atoms with E-state index in [4.69, 9.17) is 9.15 Å². The molecular formula is C11H16O3. The highest BCUT2D eigenvalue weighted by molar-refractivity contribution is 5.03. The third-order valence-corrected chi connectivity index (χ3v) is 2.92. The standard InChI is InChI=1S/C11H16O3/c1-11(12,9-4-6-13-8-9)7-10-3-2-5-14-10/h2-3,5,9,12H,4,6-8H2,1H3. The van der Waals surface area contributed by atoms with Gasteiger partial charge in [-0.15, -0.1) is 0 Å². The highest BCUT2D eigenvalue weighted by Crippen LogP contribution is 2.28. The van der Waals surface area contributed by atoms with Gasteiger partial charge >= 0.3 is 0 Å². The van der Waals surface area contributed by atoms with E-state index in [1.165, 1.54) is 0 Å². The lowest BCUT2D eigenvalue weighted by atomic mass is 9.85. The second-order valence-corrected chi connectivity index (χ2v) is 4.17. The lowest BCUT2D eigenvalue weighted by molar-refractivity contribution is -0.00834. The summed E-state index contributed by atoms with van der Waals surface area (Å²) < 4.78 is 10.5. The van der Waals surface area contributed by atoms with Gasteiger partial charge < -0.3 is 14.3 Å². The predicted octanol–water partition coefficient (Wildman–Crippen LogP) is 1.61. The Kier molecular flexibility index (Phi) is 2.61. The summed E-state index contributed by atoms with van der Waals surface area (Å²) in [6, 6.07) is 3.74. The Hall–Kier alpha value is -0.800. The molecule has 2 rings (SSSR count). The molecule has 2 unspecified atom stereocenters. The van der Waals surface area contributed by atoms with Crippen molar-refractivity contribution in [3.8, 4) is 0 Å². The van der Waals surface area contributed by atoms with Gasteiger partial charge in [-0.3, -0.25) is 0 Å². The van der Waals surface area contributed by atoms with Crippen molar-refractivity contribution < 1.29 is 14.3 Å². The van der Waals surface area contributed by atoms with E-state index in [-0.39, 0.29) is 5.92 Å². The molecule has 3 heteroatoms. The molecule has 0 amide bonds. The Bertz CT molecular complexity index is 271. The lowest BCUT2D eigenvalue weighted by Crippen LogP contribution is -2.37. The molecule has 1 N–H and O–H groups in total. The van der Waals surface area contributed by atoms with E-state index in [0.717, 1.165) is 18.8 Å². The van der Waals surface area contributed by atoms with Crippen LogP contribution in [0.5, 0.6) is 0 Å². The molecule has 1 aliphatic rings. The summed E-state index contributed by atoms with van der Waals surface area (Å²) in [5, 5.41) is 10.2. The molecular weight excluding hydrogens is 180 g/mol. The highest BCUT2D eigenvalue weighted by Gasteiger charge is 2.35. The van der Waals surface area contributed by atoms with Crippen molar-refractivity contribution >= 4 is 0 Å². The first kappa shape index (κ1) is 9.74. The van der Waals surface area contributed by atoms with E-state index < -0.39 is 5.60 Å². The first-order chi connectivity index (χ1) is 6.68. The minimum atomic E-state index is -0.714. The van der Waals surface area contributed by atoms with Crippen LogP contribution in [0.25, 0.3) is 0 Å². The van der Waals surface area contributed by atoms with Crippen molar-refractivity contribution in [1.82, 2.24) is 0 Å². The zero-order valence-corrected chi connectivity index (χ0v) is 8.40. The van der Waals surface area contributed by atoms with Crippen LogP contribution in [0.3, 0.4) is 0 Å². The van der Waals surface area contributed by atoms with Crippen LogP contribution < -0.4 is 0 Å². The van der Waals surface area contributed by atoms with Crippen LogP contribution in [0, 0.1) is 5.92 Å². The summed E-state index contributed by atoms with van der Waals surface area (Å²) in [6.07, 6.45) is 3.14. The summed E-state index contributed by atoms with van der Waals surface area (Å²) in [6.45, 7) is 3.28. The zero-order valence-electron chi connectivity index (χ0n) is 8.40. The first-order valence-corrected chi connectivity index (χ1v) is 5.01. The van der Waals surface area contributed by atoms with Gasteiger partial charge in [0.2, 0.25) is 0 Å². The molecule has 2 atom stereocenters. The number of furan rings is 1.